The molecule has 2 aliphatic rings. The predicted octanol–water partition coefficient (Wildman–Crippen LogP) is 7.85. The molecule has 1 N–H and O–H groups in total. The molecule has 2 heterocycles. The average Bonchev–Trinajstić information content (AvgIpc) is 3.30. The standard InChI is InChI=1S/C32H32I2N4O/c1-20-8-11-26-23(14-20)6-3-7-25(26)22-5-2-4-21(9-10-22)24-12-13-38(18-24)31(39)17-35-32-27-15-28(33)29(34)16-30(27)36-19-37-32/h3-4,6-8,11,14-16,19,22,24H,2,5,9-10,12-13,17-18H2,1H3,(H,35,36,37). The molecule has 2 unspecified atom stereocenters. The number of hydrogen-bond acceptors (Lipinski definition) is 4. The molecule has 2 atom stereocenters. The molecule has 1 aromatic heterocycles. The molecule has 1 fully saturated rings. The largest absolute Gasteiger partial charge is 0.360 e. The van der Waals surface area contributed by atoms with Crippen molar-refractivity contribution in [2.24, 2.45) is 5.92 Å². The number of aryl methyl sites for hydroxylation is 1. The van der Waals surface area contributed by atoms with Gasteiger partial charge in [0.1, 0.15) is 12.1 Å². The number of hydrogen-bond donors (Lipinski definition) is 1. The van der Waals surface area contributed by atoms with E-state index in [4.69, 9.17) is 0 Å². The van der Waals surface area contributed by atoms with Crippen molar-refractivity contribution in [1.29, 1.82) is 0 Å². The Kier molecular flexibility index (Phi) is 8.07. The molecule has 4 aromatic rings. The van der Waals surface area contributed by atoms with E-state index in [0.29, 0.717) is 11.8 Å². The fourth-order valence-corrected chi connectivity index (χ4v) is 7.19. The summed E-state index contributed by atoms with van der Waals surface area (Å²) in [6.07, 6.45) is 9.74. The number of allylic oxidation sites excluding steroid dienone is 1. The lowest BCUT2D eigenvalue weighted by molar-refractivity contribution is -0.128. The van der Waals surface area contributed by atoms with Gasteiger partial charge in [-0.3, -0.25) is 4.79 Å². The van der Waals surface area contributed by atoms with Crippen molar-refractivity contribution in [1.82, 2.24) is 14.9 Å². The zero-order valence-electron chi connectivity index (χ0n) is 22.1. The van der Waals surface area contributed by atoms with Crippen molar-refractivity contribution in [3.05, 3.63) is 84.8 Å². The zero-order valence-corrected chi connectivity index (χ0v) is 26.4. The van der Waals surface area contributed by atoms with Gasteiger partial charge in [-0.1, -0.05) is 53.6 Å². The summed E-state index contributed by atoms with van der Waals surface area (Å²) in [7, 11) is 0. The Hall–Kier alpha value is -2.27. The molecule has 0 radical (unpaired) electrons. The predicted molar refractivity (Wildman–Crippen MR) is 176 cm³/mol. The van der Waals surface area contributed by atoms with Crippen LogP contribution in [0.2, 0.25) is 0 Å². The van der Waals surface area contributed by atoms with E-state index in [9.17, 15) is 4.79 Å². The summed E-state index contributed by atoms with van der Waals surface area (Å²) in [5.74, 6) is 1.93. The second-order valence-electron chi connectivity index (χ2n) is 10.8. The molecule has 200 valence electrons. The van der Waals surface area contributed by atoms with E-state index in [0.717, 1.165) is 56.2 Å². The minimum atomic E-state index is 0.141. The molecule has 0 spiro atoms. The number of fused-ring (bicyclic) bond motifs is 2. The van der Waals surface area contributed by atoms with Crippen LogP contribution in [-0.4, -0.2) is 40.4 Å². The number of nitrogens with zero attached hydrogens (tertiary/aromatic N) is 3. The zero-order chi connectivity index (χ0) is 26.9. The van der Waals surface area contributed by atoms with E-state index < -0.39 is 0 Å². The first kappa shape index (κ1) is 26.9. The fourth-order valence-electron chi connectivity index (χ4n) is 6.28. The molecule has 3 aromatic carbocycles. The monoisotopic (exact) mass is 742 g/mol. The fraction of sp³-hybridized carbons (Fsp3) is 0.344. The molecule has 7 heteroatoms. The lowest BCUT2D eigenvalue weighted by atomic mass is 9.86. The van der Waals surface area contributed by atoms with Gasteiger partial charge in [0.25, 0.3) is 0 Å². The normalized spacial score (nSPS) is 19.8. The number of carbonyl (C=O) groups is 1. The van der Waals surface area contributed by atoms with Crippen LogP contribution in [0.15, 0.2) is 66.5 Å². The van der Waals surface area contributed by atoms with E-state index in [1.807, 2.05) is 4.90 Å². The van der Waals surface area contributed by atoms with Crippen molar-refractivity contribution in [3.63, 3.8) is 0 Å². The van der Waals surface area contributed by atoms with E-state index in [1.165, 1.54) is 34.7 Å². The van der Waals surface area contributed by atoms with Crippen LogP contribution in [0.25, 0.3) is 21.7 Å². The number of anilines is 1. The highest BCUT2D eigenvalue weighted by Gasteiger charge is 2.30. The van der Waals surface area contributed by atoms with Gasteiger partial charge in [-0.2, -0.15) is 0 Å². The molecule has 1 aliphatic carbocycles. The maximum absolute atomic E-state index is 13.2. The number of likely N-dealkylation sites (tertiary alicyclic amines) is 1. The van der Waals surface area contributed by atoms with Gasteiger partial charge in [-0.15, -0.1) is 0 Å². The van der Waals surface area contributed by atoms with E-state index in [-0.39, 0.29) is 12.5 Å². The van der Waals surface area contributed by atoms with Crippen molar-refractivity contribution in [3.8, 4) is 0 Å². The Bertz CT molecular complexity index is 1580. The Morgan fingerprint density at radius 1 is 1.00 bits per heavy atom. The lowest BCUT2D eigenvalue weighted by Crippen LogP contribution is -2.34. The second-order valence-corrected chi connectivity index (χ2v) is 13.2. The quantitative estimate of drug-likeness (QED) is 0.167. The Balaban J connectivity index is 1.07. The molecule has 6 rings (SSSR count). The van der Waals surface area contributed by atoms with E-state index in [1.54, 1.807) is 11.9 Å². The van der Waals surface area contributed by atoms with Gasteiger partial charge in [0.05, 0.1) is 12.1 Å². The summed E-state index contributed by atoms with van der Waals surface area (Å²) in [6, 6.07) is 17.8. The molecular weight excluding hydrogens is 710 g/mol. The third kappa shape index (κ3) is 5.80. The summed E-state index contributed by atoms with van der Waals surface area (Å²) in [4.78, 5) is 24.0. The van der Waals surface area contributed by atoms with Gasteiger partial charge in [-0.05, 0) is 125 Å². The number of rotatable bonds is 5. The molecule has 5 nitrogen and oxygen atoms in total. The van der Waals surface area contributed by atoms with Crippen LogP contribution in [0.5, 0.6) is 0 Å². The maximum Gasteiger partial charge on any atom is 0.241 e. The third-order valence-corrected chi connectivity index (χ3v) is 11.2. The van der Waals surface area contributed by atoms with Gasteiger partial charge >= 0.3 is 0 Å². The Morgan fingerprint density at radius 3 is 2.77 bits per heavy atom. The smallest absolute Gasteiger partial charge is 0.241 e. The minimum Gasteiger partial charge on any atom is -0.360 e. The van der Waals surface area contributed by atoms with Crippen molar-refractivity contribution >= 4 is 78.6 Å². The van der Waals surface area contributed by atoms with Crippen LogP contribution in [-0.2, 0) is 4.79 Å². The van der Waals surface area contributed by atoms with Crippen molar-refractivity contribution < 1.29 is 4.79 Å². The summed E-state index contributed by atoms with van der Waals surface area (Å²) in [5.41, 5.74) is 5.26. The Labute approximate surface area is 257 Å². The first-order valence-corrected chi connectivity index (χ1v) is 15.9. The van der Waals surface area contributed by atoms with Gasteiger partial charge in [-0.25, -0.2) is 9.97 Å². The highest BCUT2D eigenvalue weighted by Crippen LogP contribution is 2.38. The van der Waals surface area contributed by atoms with Gasteiger partial charge in [0, 0.05) is 25.6 Å². The van der Waals surface area contributed by atoms with E-state index >= 15 is 0 Å². The number of amides is 1. The molecule has 0 bridgehead atoms. The van der Waals surface area contributed by atoms with Gasteiger partial charge < -0.3 is 10.2 Å². The minimum absolute atomic E-state index is 0.141. The van der Waals surface area contributed by atoms with E-state index in [2.05, 4.69) is 122 Å². The summed E-state index contributed by atoms with van der Waals surface area (Å²) in [5, 5.41) is 7.00. The summed E-state index contributed by atoms with van der Waals surface area (Å²) < 4.78 is 2.32. The summed E-state index contributed by atoms with van der Waals surface area (Å²) in [6.45, 7) is 4.07. The molecule has 1 saturated heterocycles. The summed E-state index contributed by atoms with van der Waals surface area (Å²) >= 11 is 4.64. The highest BCUT2D eigenvalue weighted by molar-refractivity contribution is 14.1. The average molecular weight is 742 g/mol. The van der Waals surface area contributed by atoms with Crippen LogP contribution in [0.4, 0.5) is 5.82 Å². The second kappa shape index (κ2) is 11.7. The molecule has 39 heavy (non-hydrogen) atoms. The Morgan fingerprint density at radius 2 is 1.87 bits per heavy atom. The van der Waals surface area contributed by atoms with Crippen LogP contribution >= 0.6 is 45.2 Å². The number of aromatic nitrogens is 2. The molecule has 1 amide bonds. The molecule has 0 saturated carbocycles. The van der Waals surface area contributed by atoms with Crippen molar-refractivity contribution in [2.45, 2.75) is 44.9 Å². The lowest BCUT2D eigenvalue weighted by Gasteiger charge is -2.20. The maximum atomic E-state index is 13.2. The van der Waals surface area contributed by atoms with Gasteiger partial charge in [0.15, 0.2) is 0 Å². The topological polar surface area (TPSA) is 58.1 Å². The SMILES string of the molecule is Cc1ccc2c(C3CCC=C(C4CCN(C(=O)CNc5ncnc6cc(I)c(I)cc56)C4)CC3)cccc2c1. The van der Waals surface area contributed by atoms with Crippen LogP contribution in [0.3, 0.4) is 0 Å². The van der Waals surface area contributed by atoms with Gasteiger partial charge in [0.2, 0.25) is 5.91 Å². The van der Waals surface area contributed by atoms with Crippen LogP contribution in [0.1, 0.15) is 49.1 Å². The van der Waals surface area contributed by atoms with Crippen LogP contribution in [0, 0.1) is 20.0 Å². The highest BCUT2D eigenvalue weighted by atomic mass is 127. The first-order chi connectivity index (χ1) is 19.0. The first-order valence-electron chi connectivity index (χ1n) is 13.8. The molecular formula is C32H32I2N4O. The third-order valence-electron chi connectivity index (χ3n) is 8.36. The van der Waals surface area contributed by atoms with Crippen molar-refractivity contribution in [2.75, 3.05) is 25.0 Å². The number of halogens is 2. The molecule has 1 aliphatic heterocycles. The number of benzene rings is 3. The number of nitrogens with one attached hydrogen (secondary N) is 1. The van der Waals surface area contributed by atoms with Crippen LogP contribution < -0.4 is 5.32 Å². The number of carbonyl (C=O) groups excluding carboxylic acids is 1.